The Morgan fingerprint density at radius 3 is 1.03 bits per heavy atom. The highest BCUT2D eigenvalue weighted by atomic mass is 16.5. The standard InChI is InChI=1S/C63H123NO5/c1-3-5-7-9-11-13-15-16-17-31-34-37-41-45-49-53-57-63(68)69-58-54-50-46-42-38-35-32-29-27-25-23-21-19-18-20-22-24-26-28-30-33-36-40-44-48-52-56-62(67)64-60(59-65)61(66)55-51-47-43-39-14-12-10-8-6-4-2/h17,31,60-61,65-66H,3-16,18-30,32-59H2,1-2H3,(H,64,67)/b31-17-. The number of allylic oxidation sites excluding steroid dienone is 2. The first-order chi connectivity index (χ1) is 34.0. The van der Waals surface area contributed by atoms with Crippen LogP contribution in [-0.2, 0) is 14.3 Å². The minimum Gasteiger partial charge on any atom is -0.466 e. The molecular weight excluding hydrogens is 851 g/mol. The molecule has 0 saturated carbocycles. The van der Waals surface area contributed by atoms with Crippen molar-refractivity contribution in [1.82, 2.24) is 5.32 Å². The van der Waals surface area contributed by atoms with E-state index in [9.17, 15) is 19.8 Å². The van der Waals surface area contributed by atoms with Crippen LogP contribution in [0.3, 0.4) is 0 Å². The summed E-state index contributed by atoms with van der Waals surface area (Å²) in [5.41, 5.74) is 0. The van der Waals surface area contributed by atoms with Crippen molar-refractivity contribution in [2.45, 2.75) is 366 Å². The second-order valence-electron chi connectivity index (χ2n) is 21.7. The van der Waals surface area contributed by atoms with Crippen molar-refractivity contribution >= 4 is 11.9 Å². The maximum atomic E-state index is 12.4. The van der Waals surface area contributed by atoms with Gasteiger partial charge in [0.2, 0.25) is 5.91 Å². The molecule has 2 atom stereocenters. The Balaban J connectivity index is 3.32. The van der Waals surface area contributed by atoms with Crippen LogP contribution in [0, 0.1) is 0 Å². The van der Waals surface area contributed by atoms with Gasteiger partial charge in [0.05, 0.1) is 25.4 Å². The average molecular weight is 975 g/mol. The molecule has 6 heteroatoms. The number of aliphatic hydroxyl groups is 2. The molecule has 0 bridgehead atoms. The lowest BCUT2D eigenvalue weighted by molar-refractivity contribution is -0.143. The molecule has 6 nitrogen and oxygen atoms in total. The topological polar surface area (TPSA) is 95.9 Å². The monoisotopic (exact) mass is 974 g/mol. The number of hydrogen-bond donors (Lipinski definition) is 3. The highest BCUT2D eigenvalue weighted by molar-refractivity contribution is 5.76. The molecule has 410 valence electrons. The summed E-state index contributed by atoms with van der Waals surface area (Å²) in [6.45, 7) is 4.96. The number of unbranched alkanes of at least 4 members (excludes halogenated alkanes) is 46. The van der Waals surface area contributed by atoms with E-state index in [1.807, 2.05) is 0 Å². The Kier molecular flexibility index (Phi) is 58.0. The minimum absolute atomic E-state index is 0.0104. The van der Waals surface area contributed by atoms with E-state index < -0.39 is 12.1 Å². The summed E-state index contributed by atoms with van der Waals surface area (Å²) < 4.78 is 5.49. The van der Waals surface area contributed by atoms with Gasteiger partial charge in [0.15, 0.2) is 0 Å². The van der Waals surface area contributed by atoms with Crippen molar-refractivity contribution in [2.75, 3.05) is 13.2 Å². The van der Waals surface area contributed by atoms with Crippen molar-refractivity contribution in [3.8, 4) is 0 Å². The van der Waals surface area contributed by atoms with Crippen LogP contribution in [0.15, 0.2) is 12.2 Å². The molecule has 3 N–H and O–H groups in total. The summed E-state index contributed by atoms with van der Waals surface area (Å²) in [5, 5.41) is 23.2. The van der Waals surface area contributed by atoms with E-state index in [-0.39, 0.29) is 18.5 Å². The van der Waals surface area contributed by atoms with E-state index in [1.54, 1.807) is 0 Å². The molecule has 0 radical (unpaired) electrons. The van der Waals surface area contributed by atoms with E-state index >= 15 is 0 Å². The Morgan fingerprint density at radius 1 is 0.391 bits per heavy atom. The fourth-order valence-electron chi connectivity index (χ4n) is 9.99. The van der Waals surface area contributed by atoms with Crippen LogP contribution in [-0.4, -0.2) is 47.4 Å². The number of nitrogens with one attached hydrogen (secondary N) is 1. The van der Waals surface area contributed by atoms with E-state index in [0.29, 0.717) is 25.9 Å². The van der Waals surface area contributed by atoms with E-state index in [2.05, 4.69) is 31.3 Å². The molecule has 0 aromatic rings. The first-order valence-electron chi connectivity index (χ1n) is 31.4. The number of carbonyl (C=O) groups is 2. The van der Waals surface area contributed by atoms with Crippen LogP contribution in [0.5, 0.6) is 0 Å². The second-order valence-corrected chi connectivity index (χ2v) is 21.7. The van der Waals surface area contributed by atoms with Crippen LogP contribution in [0.25, 0.3) is 0 Å². The lowest BCUT2D eigenvalue weighted by Gasteiger charge is -2.22. The highest BCUT2D eigenvalue weighted by Gasteiger charge is 2.20. The molecule has 1 amide bonds. The third-order valence-electron chi connectivity index (χ3n) is 14.8. The quantitative estimate of drug-likeness (QED) is 0.0321. The maximum Gasteiger partial charge on any atom is 0.305 e. The van der Waals surface area contributed by atoms with Gasteiger partial charge < -0.3 is 20.3 Å². The first kappa shape index (κ1) is 67.6. The zero-order valence-electron chi connectivity index (χ0n) is 46.8. The predicted molar refractivity (Wildman–Crippen MR) is 301 cm³/mol. The first-order valence-corrected chi connectivity index (χ1v) is 31.4. The molecule has 0 heterocycles. The Bertz CT molecular complexity index is 1030. The molecule has 0 aromatic carbocycles. The SMILES string of the molecule is CCCCCCCCC/C=C\CCCCCCCC(=O)OCCCCCCCCCCCCCCCCCCCCCCCCCCCCC(=O)NC(CO)C(O)CCCCCCCCCCCC. The van der Waals surface area contributed by atoms with Crippen molar-refractivity contribution in [3.63, 3.8) is 0 Å². The molecular formula is C63H123NO5. The third kappa shape index (κ3) is 55.8. The minimum atomic E-state index is -0.660. The molecule has 0 aliphatic rings. The molecule has 69 heavy (non-hydrogen) atoms. The third-order valence-corrected chi connectivity index (χ3v) is 14.8. The Morgan fingerprint density at radius 2 is 0.681 bits per heavy atom. The zero-order chi connectivity index (χ0) is 50.0. The van der Waals surface area contributed by atoms with Crippen LogP contribution in [0.1, 0.15) is 354 Å². The fraction of sp³-hybridized carbons (Fsp3) is 0.937. The number of aliphatic hydroxyl groups excluding tert-OH is 2. The fourth-order valence-corrected chi connectivity index (χ4v) is 9.99. The summed E-state index contributed by atoms with van der Waals surface area (Å²) >= 11 is 0. The lowest BCUT2D eigenvalue weighted by atomic mass is 10.0. The van der Waals surface area contributed by atoms with Gasteiger partial charge in [-0.15, -0.1) is 0 Å². The molecule has 0 fully saturated rings. The van der Waals surface area contributed by atoms with Gasteiger partial charge in [0.1, 0.15) is 0 Å². The Hall–Kier alpha value is -1.40. The van der Waals surface area contributed by atoms with Gasteiger partial charge in [-0.05, 0) is 51.4 Å². The smallest absolute Gasteiger partial charge is 0.305 e. The molecule has 0 aliphatic carbocycles. The molecule has 0 aliphatic heterocycles. The van der Waals surface area contributed by atoms with Crippen LogP contribution >= 0.6 is 0 Å². The van der Waals surface area contributed by atoms with E-state index in [0.717, 1.165) is 44.9 Å². The van der Waals surface area contributed by atoms with Gasteiger partial charge in [-0.3, -0.25) is 9.59 Å². The molecule has 0 aromatic heterocycles. The van der Waals surface area contributed by atoms with Crippen LogP contribution in [0.2, 0.25) is 0 Å². The van der Waals surface area contributed by atoms with Gasteiger partial charge in [-0.25, -0.2) is 0 Å². The van der Waals surface area contributed by atoms with E-state index in [4.69, 9.17) is 4.74 Å². The summed E-state index contributed by atoms with van der Waals surface area (Å²) in [6, 6.07) is -0.537. The Labute approximate surface area is 431 Å². The second kappa shape index (κ2) is 59.2. The van der Waals surface area contributed by atoms with Crippen molar-refractivity contribution < 1.29 is 24.5 Å². The summed E-state index contributed by atoms with van der Waals surface area (Å²) in [5.74, 6) is -0.0225. The van der Waals surface area contributed by atoms with Crippen LogP contribution in [0.4, 0.5) is 0 Å². The highest BCUT2D eigenvalue weighted by Crippen LogP contribution is 2.18. The van der Waals surface area contributed by atoms with Gasteiger partial charge in [0, 0.05) is 12.8 Å². The van der Waals surface area contributed by atoms with Crippen molar-refractivity contribution in [3.05, 3.63) is 12.2 Å². The summed E-state index contributed by atoms with van der Waals surface area (Å²) in [4.78, 5) is 24.5. The van der Waals surface area contributed by atoms with E-state index in [1.165, 1.54) is 276 Å². The van der Waals surface area contributed by atoms with Gasteiger partial charge in [0.25, 0.3) is 0 Å². The maximum absolute atomic E-state index is 12.4. The average Bonchev–Trinajstić information content (AvgIpc) is 3.35. The van der Waals surface area contributed by atoms with Crippen molar-refractivity contribution in [2.24, 2.45) is 0 Å². The molecule has 2 unspecified atom stereocenters. The molecule has 0 spiro atoms. The predicted octanol–water partition coefficient (Wildman–Crippen LogP) is 19.6. The summed E-state index contributed by atoms with van der Waals surface area (Å²) in [7, 11) is 0. The number of hydrogen-bond acceptors (Lipinski definition) is 5. The van der Waals surface area contributed by atoms with Gasteiger partial charge >= 0.3 is 5.97 Å². The van der Waals surface area contributed by atoms with Gasteiger partial charge in [-0.1, -0.05) is 302 Å². The largest absolute Gasteiger partial charge is 0.466 e. The molecule has 0 rings (SSSR count). The van der Waals surface area contributed by atoms with Crippen LogP contribution < -0.4 is 5.32 Å². The number of amides is 1. The van der Waals surface area contributed by atoms with Gasteiger partial charge in [-0.2, -0.15) is 0 Å². The molecule has 0 saturated heterocycles. The number of esters is 1. The zero-order valence-corrected chi connectivity index (χ0v) is 46.8. The number of ether oxygens (including phenoxy) is 1. The number of rotatable bonds is 59. The normalized spacial score (nSPS) is 12.6. The lowest BCUT2D eigenvalue weighted by Crippen LogP contribution is -2.45. The number of carbonyl (C=O) groups excluding carboxylic acids is 2. The van der Waals surface area contributed by atoms with Crippen molar-refractivity contribution in [1.29, 1.82) is 0 Å². The summed E-state index contributed by atoms with van der Waals surface area (Å²) in [6.07, 6.45) is 71.0.